The molecule has 1 rings (SSSR count). The fraction of sp³-hybridized carbons (Fsp3) is 0.389. The molecule has 1 aromatic rings. The van der Waals surface area contributed by atoms with Crippen LogP contribution in [0.1, 0.15) is 12.5 Å². The van der Waals surface area contributed by atoms with Gasteiger partial charge in [-0.25, -0.2) is 4.79 Å². The van der Waals surface area contributed by atoms with Gasteiger partial charge in [0, 0.05) is 20.2 Å². The highest BCUT2D eigenvalue weighted by molar-refractivity contribution is 5.79. The van der Waals surface area contributed by atoms with Gasteiger partial charge in [-0.3, -0.25) is 4.90 Å². The summed E-state index contributed by atoms with van der Waals surface area (Å²) in [5.74, 6) is 5.45. The van der Waals surface area contributed by atoms with Crippen molar-refractivity contribution in [1.82, 2.24) is 4.90 Å². The van der Waals surface area contributed by atoms with Crippen LogP contribution < -0.4 is 0 Å². The van der Waals surface area contributed by atoms with E-state index in [4.69, 9.17) is 9.47 Å². The molecule has 0 N–H and O–H groups in total. The van der Waals surface area contributed by atoms with Gasteiger partial charge in [-0.1, -0.05) is 48.2 Å². The maximum atomic E-state index is 12.2. The summed E-state index contributed by atoms with van der Waals surface area (Å²) in [6.07, 6.45) is 1.76. The Balaban J connectivity index is 2.95. The first-order valence-electron chi connectivity index (χ1n) is 7.25. The van der Waals surface area contributed by atoms with Crippen LogP contribution in [-0.4, -0.2) is 43.8 Å². The molecule has 0 aromatic heterocycles. The van der Waals surface area contributed by atoms with Gasteiger partial charge in [-0.15, -0.1) is 6.58 Å². The van der Waals surface area contributed by atoms with E-state index in [0.29, 0.717) is 19.7 Å². The summed E-state index contributed by atoms with van der Waals surface area (Å²) in [5, 5.41) is 0. The molecule has 4 nitrogen and oxygen atoms in total. The summed E-state index contributed by atoms with van der Waals surface area (Å²) >= 11 is 0. The van der Waals surface area contributed by atoms with E-state index in [1.165, 1.54) is 0 Å². The predicted molar refractivity (Wildman–Crippen MR) is 87.1 cm³/mol. The minimum Gasteiger partial charge on any atom is -0.464 e. The molecule has 0 saturated heterocycles. The van der Waals surface area contributed by atoms with Crippen LogP contribution in [0.4, 0.5) is 0 Å². The molecule has 1 unspecified atom stereocenters. The SMILES string of the molecule is C=CCN(Cc1ccccc1)C(C#CCOC)C(=O)OCC. The number of ether oxygens (including phenoxy) is 2. The maximum Gasteiger partial charge on any atom is 0.335 e. The normalized spacial score (nSPS) is 11.4. The lowest BCUT2D eigenvalue weighted by atomic mass is 10.1. The van der Waals surface area contributed by atoms with E-state index in [1.54, 1.807) is 20.1 Å². The van der Waals surface area contributed by atoms with Crippen molar-refractivity contribution in [1.29, 1.82) is 0 Å². The quantitative estimate of drug-likeness (QED) is 0.419. The second-order valence-corrected chi connectivity index (χ2v) is 4.61. The number of nitrogens with zero attached hydrogens (tertiary/aromatic N) is 1. The third-order valence-electron chi connectivity index (χ3n) is 2.92. The number of methoxy groups -OCH3 is 1. The van der Waals surface area contributed by atoms with Crippen LogP contribution in [0, 0.1) is 11.8 Å². The number of hydrogen-bond acceptors (Lipinski definition) is 4. The Morgan fingerprint density at radius 3 is 2.73 bits per heavy atom. The third-order valence-corrected chi connectivity index (χ3v) is 2.92. The van der Waals surface area contributed by atoms with Crippen molar-refractivity contribution >= 4 is 5.97 Å². The summed E-state index contributed by atoms with van der Waals surface area (Å²) in [4.78, 5) is 14.1. The second kappa shape index (κ2) is 10.6. The van der Waals surface area contributed by atoms with Gasteiger partial charge in [0.25, 0.3) is 0 Å². The maximum absolute atomic E-state index is 12.2. The van der Waals surface area contributed by atoms with Gasteiger partial charge in [0.1, 0.15) is 6.61 Å². The summed E-state index contributed by atoms with van der Waals surface area (Å²) in [5.41, 5.74) is 1.10. The molecule has 0 amide bonds. The number of carbonyl (C=O) groups is 1. The fourth-order valence-corrected chi connectivity index (χ4v) is 1.98. The van der Waals surface area contributed by atoms with Crippen LogP contribution in [0.2, 0.25) is 0 Å². The molecule has 22 heavy (non-hydrogen) atoms. The molecule has 0 bridgehead atoms. The van der Waals surface area contributed by atoms with Crippen LogP contribution in [0.25, 0.3) is 0 Å². The van der Waals surface area contributed by atoms with Gasteiger partial charge in [-0.2, -0.15) is 0 Å². The molecule has 0 fully saturated rings. The Bertz CT molecular complexity index is 516. The lowest BCUT2D eigenvalue weighted by Crippen LogP contribution is -2.41. The molecular formula is C18H23NO3. The number of hydrogen-bond donors (Lipinski definition) is 0. The molecule has 1 aromatic carbocycles. The van der Waals surface area contributed by atoms with Crippen LogP contribution in [0.5, 0.6) is 0 Å². The zero-order valence-electron chi connectivity index (χ0n) is 13.2. The van der Waals surface area contributed by atoms with Crippen molar-refractivity contribution in [3.05, 3.63) is 48.6 Å². The molecule has 118 valence electrons. The standard InChI is InChI=1S/C18H23NO3/c1-4-13-19(15-16-10-7-6-8-11-16)17(12-9-14-21-3)18(20)22-5-2/h4,6-8,10-11,17H,1,5,13-15H2,2-3H3. The fourth-order valence-electron chi connectivity index (χ4n) is 1.98. The van der Waals surface area contributed by atoms with Crippen molar-refractivity contribution < 1.29 is 14.3 Å². The van der Waals surface area contributed by atoms with Gasteiger partial charge >= 0.3 is 5.97 Å². The highest BCUT2D eigenvalue weighted by Crippen LogP contribution is 2.10. The zero-order chi connectivity index (χ0) is 16.2. The average Bonchev–Trinajstić information content (AvgIpc) is 2.52. The van der Waals surface area contributed by atoms with Crippen molar-refractivity contribution in [2.45, 2.75) is 19.5 Å². The van der Waals surface area contributed by atoms with Crippen LogP contribution in [0.3, 0.4) is 0 Å². The molecule has 0 heterocycles. The summed E-state index contributed by atoms with van der Waals surface area (Å²) in [6, 6.07) is 9.30. The summed E-state index contributed by atoms with van der Waals surface area (Å²) in [7, 11) is 1.57. The molecule has 0 saturated carbocycles. The number of rotatable bonds is 8. The van der Waals surface area contributed by atoms with E-state index in [0.717, 1.165) is 5.56 Å². The van der Waals surface area contributed by atoms with Crippen molar-refractivity contribution in [3.63, 3.8) is 0 Å². The smallest absolute Gasteiger partial charge is 0.335 e. The first-order valence-corrected chi connectivity index (χ1v) is 7.25. The first kappa shape index (κ1) is 18.0. The van der Waals surface area contributed by atoms with Gasteiger partial charge in [0.15, 0.2) is 6.04 Å². The molecule has 0 aliphatic heterocycles. The minimum atomic E-state index is -0.631. The van der Waals surface area contributed by atoms with Crippen molar-refractivity contribution in [2.24, 2.45) is 0 Å². The lowest BCUT2D eigenvalue weighted by molar-refractivity contribution is -0.147. The Morgan fingerprint density at radius 1 is 1.41 bits per heavy atom. The topological polar surface area (TPSA) is 38.8 Å². The predicted octanol–water partition coefficient (Wildman–Crippen LogP) is 2.26. The van der Waals surface area contributed by atoms with Crippen LogP contribution in [0.15, 0.2) is 43.0 Å². The Labute approximate surface area is 132 Å². The molecule has 0 aliphatic carbocycles. The molecule has 1 atom stereocenters. The van der Waals surface area contributed by atoms with E-state index < -0.39 is 6.04 Å². The van der Waals surface area contributed by atoms with Crippen molar-refractivity contribution in [3.8, 4) is 11.8 Å². The van der Waals surface area contributed by atoms with E-state index in [-0.39, 0.29) is 12.6 Å². The average molecular weight is 301 g/mol. The lowest BCUT2D eigenvalue weighted by Gasteiger charge is -2.25. The van der Waals surface area contributed by atoms with E-state index in [2.05, 4.69) is 18.4 Å². The summed E-state index contributed by atoms with van der Waals surface area (Å²) in [6.45, 7) is 7.29. The van der Waals surface area contributed by atoms with Crippen LogP contribution >= 0.6 is 0 Å². The van der Waals surface area contributed by atoms with Crippen LogP contribution in [-0.2, 0) is 20.8 Å². The molecule has 0 aliphatic rings. The Morgan fingerprint density at radius 2 is 2.14 bits per heavy atom. The summed E-state index contributed by atoms with van der Waals surface area (Å²) < 4.78 is 10.1. The highest BCUT2D eigenvalue weighted by Gasteiger charge is 2.24. The van der Waals surface area contributed by atoms with Gasteiger partial charge in [0.05, 0.1) is 6.61 Å². The second-order valence-electron chi connectivity index (χ2n) is 4.61. The third kappa shape index (κ3) is 6.13. The highest BCUT2D eigenvalue weighted by atomic mass is 16.5. The largest absolute Gasteiger partial charge is 0.464 e. The van der Waals surface area contributed by atoms with Crippen molar-refractivity contribution in [2.75, 3.05) is 26.9 Å². The number of benzene rings is 1. The molecule has 4 heteroatoms. The van der Waals surface area contributed by atoms with Gasteiger partial charge in [-0.05, 0) is 12.5 Å². The van der Waals surface area contributed by atoms with E-state index >= 15 is 0 Å². The first-order chi connectivity index (χ1) is 10.7. The minimum absolute atomic E-state index is 0.281. The molecular weight excluding hydrogens is 278 g/mol. The zero-order valence-corrected chi connectivity index (χ0v) is 13.2. The van der Waals surface area contributed by atoms with E-state index in [9.17, 15) is 4.79 Å². The monoisotopic (exact) mass is 301 g/mol. The number of carbonyl (C=O) groups excluding carboxylic acids is 1. The number of esters is 1. The molecule has 0 spiro atoms. The Hall–Kier alpha value is -2.09. The van der Waals surface area contributed by atoms with E-state index in [1.807, 2.05) is 35.2 Å². The van der Waals surface area contributed by atoms with Gasteiger partial charge < -0.3 is 9.47 Å². The van der Waals surface area contributed by atoms with Gasteiger partial charge in [0.2, 0.25) is 0 Å². The Kier molecular flexibility index (Phi) is 8.66. The molecule has 0 radical (unpaired) electrons.